The number of aliphatic hydroxyl groups is 1. The second-order valence-electron chi connectivity index (χ2n) is 7.25. The molecule has 0 unspecified atom stereocenters. The van der Waals surface area contributed by atoms with Crippen LogP contribution in [0.4, 0.5) is 0 Å². The van der Waals surface area contributed by atoms with Gasteiger partial charge in [0.25, 0.3) is 0 Å². The van der Waals surface area contributed by atoms with Crippen LogP contribution in [0.3, 0.4) is 0 Å². The maximum Gasteiger partial charge on any atom is 0.368 e. The molecule has 0 spiro atoms. The van der Waals surface area contributed by atoms with Gasteiger partial charge >= 0.3 is 5.69 Å². The van der Waals surface area contributed by atoms with Crippen LogP contribution in [0.25, 0.3) is 5.69 Å². The van der Waals surface area contributed by atoms with E-state index in [1.807, 2.05) is 12.1 Å². The number of rotatable bonds is 4. The lowest BCUT2D eigenvalue weighted by Crippen LogP contribution is -2.33. The second-order valence-corrected chi connectivity index (χ2v) is 7.25. The first-order valence-corrected chi connectivity index (χ1v) is 7.49. The first-order chi connectivity index (χ1) is 10.5. The van der Waals surface area contributed by atoms with E-state index in [4.69, 9.17) is 4.74 Å². The zero-order valence-corrected chi connectivity index (χ0v) is 14.5. The minimum Gasteiger partial charge on any atom is -0.483 e. The molecule has 126 valence electrons. The third kappa shape index (κ3) is 3.61. The normalized spacial score (nSPS) is 12.5. The first kappa shape index (κ1) is 17.2. The second kappa shape index (κ2) is 5.81. The van der Waals surface area contributed by atoms with Crippen molar-refractivity contribution >= 4 is 0 Å². The van der Waals surface area contributed by atoms with Crippen LogP contribution < -0.4 is 10.4 Å². The van der Waals surface area contributed by atoms with E-state index in [2.05, 4.69) is 31.2 Å². The fourth-order valence-corrected chi connectivity index (χ4v) is 2.03. The van der Waals surface area contributed by atoms with Gasteiger partial charge in [-0.05, 0) is 47.4 Å². The van der Waals surface area contributed by atoms with E-state index in [0.29, 0.717) is 11.4 Å². The SMILES string of the molecule is Cn1nnn(-c2cc(C(C)(C)C)ccc2OC(C)(C)CO)c1=O. The average Bonchev–Trinajstić information content (AvgIpc) is 2.78. The van der Waals surface area contributed by atoms with E-state index >= 15 is 0 Å². The number of hydrogen-bond acceptors (Lipinski definition) is 5. The van der Waals surface area contributed by atoms with E-state index in [9.17, 15) is 9.90 Å². The number of tetrazole rings is 1. The molecule has 0 amide bonds. The Morgan fingerprint density at radius 3 is 2.30 bits per heavy atom. The van der Waals surface area contributed by atoms with E-state index in [1.54, 1.807) is 19.9 Å². The van der Waals surface area contributed by atoms with Gasteiger partial charge in [0.2, 0.25) is 0 Å². The van der Waals surface area contributed by atoms with Crippen LogP contribution in [0.15, 0.2) is 23.0 Å². The van der Waals surface area contributed by atoms with Crippen molar-refractivity contribution in [1.29, 1.82) is 0 Å². The summed E-state index contributed by atoms with van der Waals surface area (Å²) >= 11 is 0. The molecular formula is C16H24N4O3. The Labute approximate surface area is 135 Å². The van der Waals surface area contributed by atoms with Gasteiger partial charge in [0.05, 0.1) is 6.61 Å². The Morgan fingerprint density at radius 2 is 1.83 bits per heavy atom. The predicted molar refractivity (Wildman–Crippen MR) is 87.1 cm³/mol. The number of ether oxygens (including phenoxy) is 1. The van der Waals surface area contributed by atoms with Crippen LogP contribution in [0, 0.1) is 0 Å². The molecule has 1 N–H and O–H groups in total. The quantitative estimate of drug-likeness (QED) is 0.921. The summed E-state index contributed by atoms with van der Waals surface area (Å²) in [6, 6.07) is 5.63. The van der Waals surface area contributed by atoms with Crippen molar-refractivity contribution in [2.24, 2.45) is 7.05 Å². The Bertz CT molecular complexity index is 753. The van der Waals surface area contributed by atoms with Crippen LogP contribution >= 0.6 is 0 Å². The molecule has 23 heavy (non-hydrogen) atoms. The Kier molecular flexibility index (Phi) is 4.34. The third-order valence-corrected chi connectivity index (χ3v) is 3.54. The molecule has 2 rings (SSSR count). The molecule has 2 aromatic rings. The van der Waals surface area contributed by atoms with E-state index in [0.717, 1.165) is 10.2 Å². The van der Waals surface area contributed by atoms with Gasteiger partial charge in [0.1, 0.15) is 17.0 Å². The Morgan fingerprint density at radius 1 is 1.17 bits per heavy atom. The summed E-state index contributed by atoms with van der Waals surface area (Å²) in [7, 11) is 1.54. The fourth-order valence-electron chi connectivity index (χ4n) is 2.03. The summed E-state index contributed by atoms with van der Waals surface area (Å²) in [6.07, 6.45) is 0. The van der Waals surface area contributed by atoms with Crippen molar-refractivity contribution in [2.45, 2.75) is 45.6 Å². The standard InChI is InChI=1S/C16H24N4O3/c1-15(2,3)11-7-8-13(23-16(4,5)10-21)12(9-11)20-14(22)19(6)17-18-20/h7-9,21H,10H2,1-6H3. The van der Waals surface area contributed by atoms with Crippen molar-refractivity contribution in [3.8, 4) is 11.4 Å². The van der Waals surface area contributed by atoms with E-state index in [1.165, 1.54) is 11.7 Å². The van der Waals surface area contributed by atoms with Gasteiger partial charge in [-0.1, -0.05) is 26.8 Å². The number of aromatic nitrogens is 4. The Hall–Kier alpha value is -2.15. The van der Waals surface area contributed by atoms with Crippen LogP contribution in [0.2, 0.25) is 0 Å². The summed E-state index contributed by atoms with van der Waals surface area (Å²) in [4.78, 5) is 12.2. The lowest BCUT2D eigenvalue weighted by Gasteiger charge is -2.26. The smallest absolute Gasteiger partial charge is 0.368 e. The highest BCUT2D eigenvalue weighted by molar-refractivity contribution is 5.50. The van der Waals surface area contributed by atoms with E-state index in [-0.39, 0.29) is 17.7 Å². The molecule has 0 saturated heterocycles. The number of aryl methyl sites for hydroxylation is 1. The van der Waals surface area contributed by atoms with Gasteiger partial charge < -0.3 is 9.84 Å². The number of aliphatic hydroxyl groups excluding tert-OH is 1. The topological polar surface area (TPSA) is 82.2 Å². The van der Waals surface area contributed by atoms with Gasteiger partial charge in [-0.25, -0.2) is 4.79 Å². The number of hydrogen-bond donors (Lipinski definition) is 1. The van der Waals surface area contributed by atoms with E-state index < -0.39 is 5.60 Å². The van der Waals surface area contributed by atoms with Crippen molar-refractivity contribution < 1.29 is 9.84 Å². The molecule has 0 aliphatic heterocycles. The molecule has 0 radical (unpaired) electrons. The minimum absolute atomic E-state index is 0.0917. The summed E-state index contributed by atoms with van der Waals surface area (Å²) in [6.45, 7) is 9.65. The zero-order chi connectivity index (χ0) is 17.4. The average molecular weight is 320 g/mol. The molecule has 7 nitrogen and oxygen atoms in total. The van der Waals surface area contributed by atoms with Gasteiger partial charge in [-0.3, -0.25) is 0 Å². The zero-order valence-electron chi connectivity index (χ0n) is 14.5. The molecule has 0 fully saturated rings. The van der Waals surface area contributed by atoms with Crippen molar-refractivity contribution in [1.82, 2.24) is 19.8 Å². The van der Waals surface area contributed by atoms with Crippen LogP contribution in [0.1, 0.15) is 40.2 Å². The lowest BCUT2D eigenvalue weighted by molar-refractivity contribution is 0.0410. The lowest BCUT2D eigenvalue weighted by atomic mass is 9.87. The third-order valence-electron chi connectivity index (χ3n) is 3.54. The molecule has 7 heteroatoms. The van der Waals surface area contributed by atoms with Crippen LogP contribution in [-0.4, -0.2) is 37.1 Å². The van der Waals surface area contributed by atoms with Gasteiger partial charge in [-0.2, -0.15) is 9.36 Å². The van der Waals surface area contributed by atoms with Gasteiger partial charge in [0, 0.05) is 7.05 Å². The predicted octanol–water partition coefficient (Wildman–Crippen LogP) is 1.41. The highest BCUT2D eigenvalue weighted by Gasteiger charge is 2.24. The summed E-state index contributed by atoms with van der Waals surface area (Å²) in [5.41, 5.74) is 0.328. The summed E-state index contributed by atoms with van der Waals surface area (Å²) in [5, 5.41) is 17.1. The molecule has 0 atom stereocenters. The maximum absolute atomic E-state index is 12.2. The number of benzene rings is 1. The molecule has 0 bridgehead atoms. The molecular weight excluding hydrogens is 296 g/mol. The summed E-state index contributed by atoms with van der Waals surface area (Å²) in [5.74, 6) is 0.472. The van der Waals surface area contributed by atoms with Crippen molar-refractivity contribution in [3.05, 3.63) is 34.2 Å². The molecule has 1 aromatic carbocycles. The van der Waals surface area contributed by atoms with Crippen LogP contribution in [0.5, 0.6) is 5.75 Å². The van der Waals surface area contributed by atoms with Crippen LogP contribution in [-0.2, 0) is 12.5 Å². The molecule has 1 heterocycles. The molecule has 0 saturated carbocycles. The van der Waals surface area contributed by atoms with Crippen molar-refractivity contribution in [2.75, 3.05) is 6.61 Å². The highest BCUT2D eigenvalue weighted by Crippen LogP contribution is 2.31. The maximum atomic E-state index is 12.2. The molecule has 1 aromatic heterocycles. The Balaban J connectivity index is 2.63. The number of nitrogens with zero attached hydrogens (tertiary/aromatic N) is 4. The van der Waals surface area contributed by atoms with Gasteiger partial charge in [-0.15, -0.1) is 0 Å². The fraction of sp³-hybridized carbons (Fsp3) is 0.562. The highest BCUT2D eigenvalue weighted by atomic mass is 16.5. The monoisotopic (exact) mass is 320 g/mol. The largest absolute Gasteiger partial charge is 0.483 e. The molecule has 0 aliphatic carbocycles. The van der Waals surface area contributed by atoms with Gasteiger partial charge in [0.15, 0.2) is 0 Å². The molecule has 0 aliphatic rings. The van der Waals surface area contributed by atoms with Crippen molar-refractivity contribution in [3.63, 3.8) is 0 Å². The first-order valence-electron chi connectivity index (χ1n) is 7.49. The summed E-state index contributed by atoms with van der Waals surface area (Å²) < 4.78 is 8.25. The minimum atomic E-state index is -0.774.